The maximum absolute atomic E-state index is 12.3. The second-order valence-electron chi connectivity index (χ2n) is 5.84. The third-order valence-corrected chi connectivity index (χ3v) is 3.42. The summed E-state index contributed by atoms with van der Waals surface area (Å²) in [6.07, 6.45) is -1.01. The fourth-order valence-electron chi connectivity index (χ4n) is 2.35. The molecule has 2 unspecified atom stereocenters. The first-order chi connectivity index (χ1) is 10.4. The van der Waals surface area contributed by atoms with Crippen LogP contribution in [0, 0.1) is 5.92 Å². The van der Waals surface area contributed by atoms with E-state index in [0.29, 0.717) is 17.9 Å². The van der Waals surface area contributed by atoms with Crippen LogP contribution in [0.2, 0.25) is 0 Å². The summed E-state index contributed by atoms with van der Waals surface area (Å²) < 4.78 is 11.3. The van der Waals surface area contributed by atoms with Gasteiger partial charge in [0.1, 0.15) is 12.1 Å². The molecular formula is C16H21NO5. The minimum absolute atomic E-state index is 0.156. The zero-order valence-electron chi connectivity index (χ0n) is 12.9. The van der Waals surface area contributed by atoms with Gasteiger partial charge >= 0.3 is 5.97 Å². The highest BCUT2D eigenvalue weighted by Crippen LogP contribution is 2.33. The number of benzene rings is 1. The Morgan fingerprint density at radius 3 is 2.36 bits per heavy atom. The Balaban J connectivity index is 2.07. The maximum Gasteiger partial charge on any atom is 0.326 e. The number of ether oxygens (including phenoxy) is 2. The van der Waals surface area contributed by atoms with Crippen molar-refractivity contribution in [2.45, 2.75) is 45.4 Å². The van der Waals surface area contributed by atoms with Crippen molar-refractivity contribution in [3.8, 4) is 11.5 Å². The van der Waals surface area contributed by atoms with Gasteiger partial charge in [0.25, 0.3) is 5.91 Å². The normalized spacial score (nSPS) is 21.3. The predicted molar refractivity (Wildman–Crippen MR) is 80.0 cm³/mol. The molecule has 0 aliphatic carbocycles. The molecule has 1 heterocycles. The molecule has 6 heteroatoms. The van der Waals surface area contributed by atoms with Crippen LogP contribution in [0.3, 0.4) is 0 Å². The number of hydrogen-bond donors (Lipinski definition) is 2. The third-order valence-electron chi connectivity index (χ3n) is 3.42. The molecule has 1 aliphatic rings. The topological polar surface area (TPSA) is 84.9 Å². The number of carboxylic acid groups (broad SMARTS) is 1. The van der Waals surface area contributed by atoms with Crippen molar-refractivity contribution < 1.29 is 24.2 Å². The van der Waals surface area contributed by atoms with Crippen molar-refractivity contribution >= 4 is 11.9 Å². The van der Waals surface area contributed by atoms with Gasteiger partial charge in [0, 0.05) is 0 Å². The Labute approximate surface area is 129 Å². The Bertz CT molecular complexity index is 557. The maximum atomic E-state index is 12.3. The molecule has 6 nitrogen and oxygen atoms in total. The van der Waals surface area contributed by atoms with Gasteiger partial charge in [-0.2, -0.15) is 0 Å². The van der Waals surface area contributed by atoms with Gasteiger partial charge in [-0.15, -0.1) is 0 Å². The van der Waals surface area contributed by atoms with Crippen LogP contribution in [0.4, 0.5) is 0 Å². The van der Waals surface area contributed by atoms with Gasteiger partial charge in [-0.25, -0.2) is 4.79 Å². The van der Waals surface area contributed by atoms with E-state index >= 15 is 0 Å². The Hall–Kier alpha value is -2.24. The second kappa shape index (κ2) is 6.68. The van der Waals surface area contributed by atoms with Gasteiger partial charge in [-0.05, 0) is 31.4 Å². The number of para-hydroxylation sites is 2. The monoisotopic (exact) mass is 307 g/mol. The van der Waals surface area contributed by atoms with Crippen LogP contribution in [0.5, 0.6) is 11.5 Å². The number of aliphatic carboxylic acids is 1. The molecule has 0 spiro atoms. The molecule has 1 aromatic rings. The number of rotatable bonds is 5. The van der Waals surface area contributed by atoms with Gasteiger partial charge in [0.05, 0.1) is 0 Å². The molecule has 2 rings (SSSR count). The van der Waals surface area contributed by atoms with Crippen molar-refractivity contribution in [1.29, 1.82) is 0 Å². The molecule has 3 atom stereocenters. The molecule has 1 amide bonds. The van der Waals surface area contributed by atoms with E-state index in [0.717, 1.165) is 0 Å². The zero-order chi connectivity index (χ0) is 16.3. The third kappa shape index (κ3) is 3.69. The Kier molecular flexibility index (Phi) is 4.90. The van der Waals surface area contributed by atoms with Crippen molar-refractivity contribution in [2.75, 3.05) is 0 Å². The van der Waals surface area contributed by atoms with E-state index in [4.69, 9.17) is 9.47 Å². The van der Waals surface area contributed by atoms with E-state index in [-0.39, 0.29) is 5.92 Å². The molecule has 0 bridgehead atoms. The summed E-state index contributed by atoms with van der Waals surface area (Å²) in [5.74, 6) is -0.308. The number of hydrogen-bond acceptors (Lipinski definition) is 4. The lowest BCUT2D eigenvalue weighted by molar-refractivity contribution is -0.145. The van der Waals surface area contributed by atoms with Crippen molar-refractivity contribution in [2.24, 2.45) is 5.92 Å². The van der Waals surface area contributed by atoms with Gasteiger partial charge in [-0.1, -0.05) is 26.0 Å². The van der Waals surface area contributed by atoms with Gasteiger partial charge in [0.2, 0.25) is 6.10 Å². The standard InChI is InChI=1S/C16H21NO5/c1-9(2)8-11(16(19)20)17-15(18)14-10(3)21-12-6-4-5-7-13(12)22-14/h4-7,9-11,14H,8H2,1-3H3,(H,17,18)(H,19,20)/t10?,11-,14?/m1/s1. The summed E-state index contributed by atoms with van der Waals surface area (Å²) in [5.41, 5.74) is 0. The van der Waals surface area contributed by atoms with Gasteiger partial charge in [0.15, 0.2) is 11.5 Å². The van der Waals surface area contributed by atoms with Crippen LogP contribution >= 0.6 is 0 Å². The minimum Gasteiger partial charge on any atom is -0.482 e. The van der Waals surface area contributed by atoms with Crippen LogP contribution in [-0.2, 0) is 9.59 Å². The lowest BCUT2D eigenvalue weighted by atomic mass is 10.0. The number of carbonyl (C=O) groups is 2. The van der Waals surface area contributed by atoms with E-state index < -0.39 is 30.1 Å². The van der Waals surface area contributed by atoms with E-state index in [1.165, 1.54) is 0 Å². The van der Waals surface area contributed by atoms with E-state index in [9.17, 15) is 14.7 Å². The second-order valence-corrected chi connectivity index (χ2v) is 5.84. The quantitative estimate of drug-likeness (QED) is 0.867. The minimum atomic E-state index is -1.05. The highest BCUT2D eigenvalue weighted by molar-refractivity contribution is 5.87. The van der Waals surface area contributed by atoms with Crippen LogP contribution in [0.1, 0.15) is 27.2 Å². The molecule has 0 saturated carbocycles. The van der Waals surface area contributed by atoms with E-state index in [1.807, 2.05) is 19.9 Å². The SMILES string of the molecule is CC(C)C[C@@H](NC(=O)C1Oc2ccccc2OC1C)C(=O)O. The van der Waals surface area contributed by atoms with Crippen LogP contribution in [-0.4, -0.2) is 35.2 Å². The fraction of sp³-hybridized carbons (Fsp3) is 0.500. The summed E-state index contributed by atoms with van der Waals surface area (Å²) in [5, 5.41) is 11.7. The molecule has 0 radical (unpaired) electrons. The largest absolute Gasteiger partial charge is 0.482 e. The Morgan fingerprint density at radius 2 is 1.82 bits per heavy atom. The number of carboxylic acids is 1. The first-order valence-electron chi connectivity index (χ1n) is 7.34. The van der Waals surface area contributed by atoms with Gasteiger partial charge in [-0.3, -0.25) is 4.79 Å². The van der Waals surface area contributed by atoms with Crippen LogP contribution in [0.25, 0.3) is 0 Å². The fourth-order valence-corrected chi connectivity index (χ4v) is 2.35. The van der Waals surface area contributed by atoms with Crippen molar-refractivity contribution in [3.05, 3.63) is 24.3 Å². The van der Waals surface area contributed by atoms with Crippen molar-refractivity contribution in [1.82, 2.24) is 5.32 Å². The molecule has 1 aliphatic heterocycles. The van der Waals surface area contributed by atoms with Crippen LogP contribution < -0.4 is 14.8 Å². The number of amides is 1. The molecule has 22 heavy (non-hydrogen) atoms. The smallest absolute Gasteiger partial charge is 0.326 e. The molecular weight excluding hydrogens is 286 g/mol. The summed E-state index contributed by atoms with van der Waals surface area (Å²) in [6, 6.07) is 6.15. The summed E-state index contributed by atoms with van der Waals surface area (Å²) in [6.45, 7) is 5.53. The first-order valence-corrected chi connectivity index (χ1v) is 7.34. The first kappa shape index (κ1) is 16.1. The molecule has 2 N–H and O–H groups in total. The van der Waals surface area contributed by atoms with Crippen LogP contribution in [0.15, 0.2) is 24.3 Å². The lowest BCUT2D eigenvalue weighted by Crippen LogP contribution is -2.53. The summed E-state index contributed by atoms with van der Waals surface area (Å²) in [7, 11) is 0. The number of fused-ring (bicyclic) bond motifs is 1. The predicted octanol–water partition coefficient (Wildman–Crippen LogP) is 1.83. The average molecular weight is 307 g/mol. The van der Waals surface area contributed by atoms with Gasteiger partial charge < -0.3 is 19.9 Å². The zero-order valence-corrected chi connectivity index (χ0v) is 12.9. The average Bonchev–Trinajstić information content (AvgIpc) is 2.45. The molecule has 120 valence electrons. The van der Waals surface area contributed by atoms with E-state index in [2.05, 4.69) is 5.32 Å². The molecule has 0 aromatic heterocycles. The molecule has 0 fully saturated rings. The summed E-state index contributed by atoms with van der Waals surface area (Å²) >= 11 is 0. The number of nitrogens with one attached hydrogen (secondary N) is 1. The molecule has 1 aromatic carbocycles. The highest BCUT2D eigenvalue weighted by atomic mass is 16.6. The van der Waals surface area contributed by atoms with E-state index in [1.54, 1.807) is 25.1 Å². The summed E-state index contributed by atoms with van der Waals surface area (Å²) in [4.78, 5) is 23.6. The Morgan fingerprint density at radius 1 is 1.23 bits per heavy atom. The molecule has 0 saturated heterocycles. The highest BCUT2D eigenvalue weighted by Gasteiger charge is 2.36. The lowest BCUT2D eigenvalue weighted by Gasteiger charge is -2.31. The number of carbonyl (C=O) groups excluding carboxylic acids is 1. The van der Waals surface area contributed by atoms with Crippen molar-refractivity contribution in [3.63, 3.8) is 0 Å².